The van der Waals surface area contributed by atoms with Crippen LogP contribution in [0.3, 0.4) is 0 Å². The van der Waals surface area contributed by atoms with E-state index in [0.29, 0.717) is 45.8 Å². The summed E-state index contributed by atoms with van der Waals surface area (Å²) in [5, 5.41) is 0. The van der Waals surface area contributed by atoms with Gasteiger partial charge in [-0.1, -0.05) is 6.92 Å². The fourth-order valence-electron chi connectivity index (χ4n) is 5.47. The standard InChI is InChI=1S/C25H41N3O6/c1-16-7-6-12-33-13-14-34-18(3)19(17(2)29)15-22(30)20-8-4-10-27(20)24(31)21-9-5-11-28(21)25(32)23(16)26/h16,18-21,23H,4-15,26H2,1-3H3/t16-,18?,19?,20?,21?,23?/m0/s1. The molecule has 0 spiro atoms. The van der Waals surface area contributed by atoms with Crippen LogP contribution in [0.1, 0.15) is 65.7 Å². The molecule has 9 nitrogen and oxygen atoms in total. The normalized spacial score (nSPS) is 35.4. The first-order chi connectivity index (χ1) is 16.2. The molecule has 34 heavy (non-hydrogen) atoms. The van der Waals surface area contributed by atoms with Gasteiger partial charge < -0.3 is 25.0 Å². The maximum Gasteiger partial charge on any atom is 0.245 e. The van der Waals surface area contributed by atoms with Crippen molar-refractivity contribution in [3.8, 4) is 0 Å². The quantitative estimate of drug-likeness (QED) is 0.602. The second-order valence-corrected chi connectivity index (χ2v) is 10.1. The minimum atomic E-state index is -0.674. The van der Waals surface area contributed by atoms with Gasteiger partial charge in [0.2, 0.25) is 11.8 Å². The van der Waals surface area contributed by atoms with Crippen LogP contribution in [0.25, 0.3) is 0 Å². The molecule has 3 saturated heterocycles. The fourth-order valence-corrected chi connectivity index (χ4v) is 5.47. The predicted molar refractivity (Wildman–Crippen MR) is 126 cm³/mol. The maximum atomic E-state index is 13.5. The number of ketones is 2. The average Bonchev–Trinajstić information content (AvgIpc) is 3.49. The van der Waals surface area contributed by atoms with Gasteiger partial charge in [-0.3, -0.25) is 19.2 Å². The molecule has 3 aliphatic heterocycles. The number of hydrogen-bond donors (Lipinski definition) is 1. The van der Waals surface area contributed by atoms with E-state index in [1.807, 2.05) is 13.8 Å². The van der Waals surface area contributed by atoms with Gasteiger partial charge >= 0.3 is 0 Å². The Morgan fingerprint density at radius 1 is 0.882 bits per heavy atom. The number of nitrogens with zero attached hydrogens (tertiary/aromatic N) is 2. The molecule has 2 amide bonds. The zero-order valence-corrected chi connectivity index (χ0v) is 20.9. The Kier molecular flexibility index (Phi) is 9.62. The molecule has 9 heteroatoms. The van der Waals surface area contributed by atoms with Gasteiger partial charge in [-0.25, -0.2) is 0 Å². The van der Waals surface area contributed by atoms with E-state index in [1.54, 1.807) is 9.80 Å². The largest absolute Gasteiger partial charge is 0.379 e. The Labute approximate surface area is 202 Å². The Morgan fingerprint density at radius 3 is 2.21 bits per heavy atom. The van der Waals surface area contributed by atoms with Crippen molar-refractivity contribution >= 4 is 23.4 Å². The van der Waals surface area contributed by atoms with E-state index in [9.17, 15) is 19.2 Å². The SMILES string of the molecule is CC(=O)C1CC(=O)C2CCCN2C(=O)C2CCCN2C(=O)C(N)[C@@H](C)CCCOCCOC1C. The molecule has 0 bridgehead atoms. The monoisotopic (exact) mass is 479 g/mol. The highest BCUT2D eigenvalue weighted by Crippen LogP contribution is 2.28. The van der Waals surface area contributed by atoms with Crippen molar-refractivity contribution in [1.29, 1.82) is 0 Å². The summed E-state index contributed by atoms with van der Waals surface area (Å²) in [6, 6.07) is -1.81. The van der Waals surface area contributed by atoms with Crippen molar-refractivity contribution in [1.82, 2.24) is 9.80 Å². The summed E-state index contributed by atoms with van der Waals surface area (Å²) in [5.41, 5.74) is 6.32. The molecule has 0 saturated carbocycles. The van der Waals surface area contributed by atoms with E-state index in [-0.39, 0.29) is 35.7 Å². The number of ether oxygens (including phenoxy) is 2. The molecule has 0 aromatic heterocycles. The average molecular weight is 480 g/mol. The lowest BCUT2D eigenvalue weighted by Crippen LogP contribution is -2.55. The smallest absolute Gasteiger partial charge is 0.245 e. The van der Waals surface area contributed by atoms with Crippen molar-refractivity contribution in [3.05, 3.63) is 0 Å². The molecule has 3 fully saturated rings. The Bertz CT molecular complexity index is 759. The second kappa shape index (κ2) is 12.2. The van der Waals surface area contributed by atoms with Gasteiger partial charge in [-0.2, -0.15) is 0 Å². The lowest BCUT2D eigenvalue weighted by molar-refractivity contribution is -0.147. The van der Waals surface area contributed by atoms with Crippen LogP contribution in [-0.4, -0.2) is 90.3 Å². The first-order valence-electron chi connectivity index (χ1n) is 12.8. The zero-order chi connectivity index (χ0) is 24.8. The first kappa shape index (κ1) is 26.8. The summed E-state index contributed by atoms with van der Waals surface area (Å²) in [6.45, 7) is 7.49. The van der Waals surface area contributed by atoms with Crippen LogP contribution >= 0.6 is 0 Å². The molecule has 6 atom stereocenters. The molecule has 3 heterocycles. The Morgan fingerprint density at radius 2 is 1.53 bits per heavy atom. The molecular weight excluding hydrogens is 438 g/mol. The number of carbonyl (C=O) groups excluding carboxylic acids is 4. The van der Waals surface area contributed by atoms with Gasteiger partial charge in [-0.05, 0) is 58.3 Å². The van der Waals surface area contributed by atoms with E-state index in [0.717, 1.165) is 25.7 Å². The third kappa shape index (κ3) is 6.23. The number of rotatable bonds is 1. The number of nitrogens with two attached hydrogens (primary N) is 1. The van der Waals surface area contributed by atoms with Crippen molar-refractivity contribution < 1.29 is 28.7 Å². The second-order valence-electron chi connectivity index (χ2n) is 10.1. The third-order valence-electron chi connectivity index (χ3n) is 7.69. The summed E-state index contributed by atoms with van der Waals surface area (Å²) in [4.78, 5) is 55.6. The van der Waals surface area contributed by atoms with Crippen molar-refractivity contribution in [3.63, 3.8) is 0 Å². The van der Waals surface area contributed by atoms with E-state index >= 15 is 0 Å². The van der Waals surface area contributed by atoms with E-state index < -0.39 is 30.1 Å². The first-order valence-corrected chi connectivity index (χ1v) is 12.8. The van der Waals surface area contributed by atoms with Gasteiger partial charge in [0.25, 0.3) is 0 Å². The molecule has 3 aliphatic rings. The molecule has 0 aliphatic carbocycles. The summed E-state index contributed by atoms with van der Waals surface area (Å²) >= 11 is 0. The molecule has 5 unspecified atom stereocenters. The third-order valence-corrected chi connectivity index (χ3v) is 7.69. The van der Waals surface area contributed by atoms with Crippen molar-refractivity contribution in [2.24, 2.45) is 17.6 Å². The molecule has 192 valence electrons. The van der Waals surface area contributed by atoms with Gasteiger partial charge in [0.15, 0.2) is 5.78 Å². The van der Waals surface area contributed by atoms with Crippen LogP contribution < -0.4 is 5.73 Å². The van der Waals surface area contributed by atoms with Gasteiger partial charge in [0, 0.05) is 26.1 Å². The maximum absolute atomic E-state index is 13.5. The number of hydrogen-bond acceptors (Lipinski definition) is 7. The number of amides is 2. The molecule has 2 N–H and O–H groups in total. The van der Waals surface area contributed by atoms with Crippen LogP contribution in [-0.2, 0) is 28.7 Å². The van der Waals surface area contributed by atoms with E-state index in [2.05, 4.69) is 0 Å². The van der Waals surface area contributed by atoms with E-state index in [1.165, 1.54) is 6.92 Å². The molecule has 0 radical (unpaired) electrons. The van der Waals surface area contributed by atoms with Crippen LogP contribution in [0.5, 0.6) is 0 Å². The summed E-state index contributed by atoms with van der Waals surface area (Å²) in [6.07, 6.45) is 3.76. The highest BCUT2D eigenvalue weighted by molar-refractivity contribution is 5.96. The van der Waals surface area contributed by atoms with E-state index in [4.69, 9.17) is 15.2 Å². The lowest BCUT2D eigenvalue weighted by atomic mass is 9.90. The molecule has 0 aromatic carbocycles. The highest BCUT2D eigenvalue weighted by Gasteiger charge is 2.44. The topological polar surface area (TPSA) is 119 Å². The van der Waals surface area contributed by atoms with Crippen molar-refractivity contribution in [2.45, 2.75) is 89.9 Å². The summed E-state index contributed by atoms with van der Waals surface area (Å²) in [7, 11) is 0. The van der Waals surface area contributed by atoms with Gasteiger partial charge in [0.05, 0.1) is 37.3 Å². The predicted octanol–water partition coefficient (Wildman–Crippen LogP) is 1.31. The minimum absolute atomic E-state index is 0.0387. The Hall–Kier alpha value is -1.84. The van der Waals surface area contributed by atoms with Crippen LogP contribution in [0.2, 0.25) is 0 Å². The van der Waals surface area contributed by atoms with Crippen molar-refractivity contribution in [2.75, 3.05) is 32.9 Å². The highest BCUT2D eigenvalue weighted by atomic mass is 16.5. The van der Waals surface area contributed by atoms with Crippen LogP contribution in [0.15, 0.2) is 0 Å². The molecule has 3 rings (SSSR count). The summed E-state index contributed by atoms with van der Waals surface area (Å²) < 4.78 is 11.5. The Balaban J connectivity index is 1.81. The lowest BCUT2D eigenvalue weighted by Gasteiger charge is -2.33. The number of carbonyl (C=O) groups is 4. The van der Waals surface area contributed by atoms with Gasteiger partial charge in [0.1, 0.15) is 11.8 Å². The van der Waals surface area contributed by atoms with Gasteiger partial charge in [-0.15, -0.1) is 0 Å². The summed E-state index contributed by atoms with van der Waals surface area (Å²) in [5.74, 6) is -1.17. The molecule has 0 aromatic rings. The fraction of sp³-hybridized carbons (Fsp3) is 0.840. The van der Waals surface area contributed by atoms with Crippen LogP contribution in [0.4, 0.5) is 0 Å². The van der Waals surface area contributed by atoms with Crippen LogP contribution in [0, 0.1) is 11.8 Å². The molecular formula is C25H41N3O6. The minimum Gasteiger partial charge on any atom is -0.379 e. The zero-order valence-electron chi connectivity index (χ0n) is 20.9. The number of Topliss-reactive ketones (excluding diaryl/α,β-unsaturated/α-hetero) is 2. The number of fused-ring (bicyclic) bond motifs is 2.